The van der Waals surface area contributed by atoms with Gasteiger partial charge in [0, 0.05) is 17.1 Å². The van der Waals surface area contributed by atoms with Crippen molar-refractivity contribution in [1.29, 1.82) is 0 Å². The van der Waals surface area contributed by atoms with Crippen molar-refractivity contribution >= 4 is 22.4 Å². The zero-order valence-corrected chi connectivity index (χ0v) is 14.4. The minimum absolute atomic E-state index is 0.108. The van der Waals surface area contributed by atoms with Gasteiger partial charge in [-0.05, 0) is 54.2 Å². The number of anilines is 1. The molecular formula is C21H26N2O. The van der Waals surface area contributed by atoms with Crippen LogP contribution in [0.3, 0.4) is 0 Å². The highest BCUT2D eigenvalue weighted by atomic mass is 16.2. The van der Waals surface area contributed by atoms with E-state index in [1.165, 1.54) is 41.2 Å². The predicted octanol–water partition coefficient (Wildman–Crippen LogP) is 4.05. The number of benzene rings is 2. The van der Waals surface area contributed by atoms with Crippen LogP contribution < -0.4 is 10.6 Å². The minimum atomic E-state index is 0.108. The molecule has 0 heterocycles. The van der Waals surface area contributed by atoms with Gasteiger partial charge >= 0.3 is 0 Å². The van der Waals surface area contributed by atoms with E-state index >= 15 is 0 Å². The van der Waals surface area contributed by atoms with Gasteiger partial charge in [-0.1, -0.05) is 44.0 Å². The molecule has 126 valence electrons. The lowest BCUT2D eigenvalue weighted by molar-refractivity contribution is -0.120. The first kappa shape index (κ1) is 15.5. The van der Waals surface area contributed by atoms with E-state index < -0.39 is 0 Å². The molecule has 0 spiro atoms. The second kappa shape index (κ2) is 6.46. The zero-order chi connectivity index (χ0) is 16.5. The van der Waals surface area contributed by atoms with Gasteiger partial charge in [0.25, 0.3) is 0 Å². The summed E-state index contributed by atoms with van der Waals surface area (Å²) in [5.74, 6) is 0.705. The Morgan fingerprint density at radius 2 is 1.88 bits per heavy atom. The quantitative estimate of drug-likeness (QED) is 0.892. The van der Waals surface area contributed by atoms with Crippen molar-refractivity contribution in [2.45, 2.75) is 51.5 Å². The topological polar surface area (TPSA) is 41.1 Å². The Bertz CT molecular complexity index is 758. The van der Waals surface area contributed by atoms with Crippen molar-refractivity contribution in [1.82, 2.24) is 5.32 Å². The normalized spacial score (nSPS) is 22.5. The lowest BCUT2D eigenvalue weighted by atomic mass is 9.86. The molecule has 0 saturated heterocycles. The summed E-state index contributed by atoms with van der Waals surface area (Å²) in [5.41, 5.74) is 3.95. The first-order chi connectivity index (χ1) is 11.7. The molecule has 1 fully saturated rings. The lowest BCUT2D eigenvalue weighted by Gasteiger charge is -2.29. The molecular weight excluding hydrogens is 296 g/mol. The molecule has 2 aliphatic carbocycles. The third-order valence-electron chi connectivity index (χ3n) is 5.77. The molecule has 0 aromatic heterocycles. The van der Waals surface area contributed by atoms with E-state index in [0.717, 1.165) is 24.9 Å². The van der Waals surface area contributed by atoms with Gasteiger partial charge in [-0.3, -0.25) is 4.79 Å². The number of amides is 1. The monoisotopic (exact) mass is 322 g/mol. The summed E-state index contributed by atoms with van der Waals surface area (Å²) in [6.07, 6.45) is 7.15. The van der Waals surface area contributed by atoms with Crippen molar-refractivity contribution in [3.63, 3.8) is 0 Å². The van der Waals surface area contributed by atoms with E-state index in [0.29, 0.717) is 18.5 Å². The SMILES string of the molecule is CC1CCCCC1NC(=O)CNc1ccc2c3c(cccc13)CC2. The van der Waals surface area contributed by atoms with Gasteiger partial charge in [0.2, 0.25) is 5.91 Å². The van der Waals surface area contributed by atoms with Crippen molar-refractivity contribution in [3.8, 4) is 0 Å². The van der Waals surface area contributed by atoms with E-state index in [9.17, 15) is 4.79 Å². The van der Waals surface area contributed by atoms with E-state index in [2.05, 4.69) is 47.9 Å². The molecule has 2 unspecified atom stereocenters. The Balaban J connectivity index is 1.45. The predicted molar refractivity (Wildman–Crippen MR) is 99.4 cm³/mol. The summed E-state index contributed by atoms with van der Waals surface area (Å²) in [6, 6.07) is 11.2. The van der Waals surface area contributed by atoms with Crippen molar-refractivity contribution in [2.24, 2.45) is 5.92 Å². The maximum Gasteiger partial charge on any atom is 0.239 e. The van der Waals surface area contributed by atoms with Gasteiger partial charge < -0.3 is 10.6 Å². The van der Waals surface area contributed by atoms with Crippen molar-refractivity contribution in [2.75, 3.05) is 11.9 Å². The number of hydrogen-bond acceptors (Lipinski definition) is 2. The van der Waals surface area contributed by atoms with Crippen LogP contribution in [0.4, 0.5) is 5.69 Å². The fourth-order valence-electron chi connectivity index (χ4n) is 4.36. The summed E-state index contributed by atoms with van der Waals surface area (Å²) < 4.78 is 0. The molecule has 2 N–H and O–H groups in total. The number of rotatable bonds is 4. The van der Waals surface area contributed by atoms with Gasteiger partial charge in [0.05, 0.1) is 6.54 Å². The Kier molecular flexibility index (Phi) is 4.17. The van der Waals surface area contributed by atoms with Gasteiger partial charge in [0.1, 0.15) is 0 Å². The fourth-order valence-corrected chi connectivity index (χ4v) is 4.36. The van der Waals surface area contributed by atoms with E-state index in [-0.39, 0.29) is 5.91 Å². The number of nitrogens with one attached hydrogen (secondary N) is 2. The first-order valence-electron chi connectivity index (χ1n) is 9.29. The molecule has 24 heavy (non-hydrogen) atoms. The molecule has 0 aliphatic heterocycles. The first-order valence-corrected chi connectivity index (χ1v) is 9.29. The standard InChI is InChI=1S/C21H26N2O/c1-14-5-2-3-8-18(14)23-20(24)13-22-19-12-11-16-10-9-15-6-4-7-17(19)21(15)16/h4,6-7,11-12,14,18,22H,2-3,5,8-10,13H2,1H3,(H,23,24). The molecule has 3 nitrogen and oxygen atoms in total. The third kappa shape index (κ3) is 2.88. The van der Waals surface area contributed by atoms with Gasteiger partial charge in [-0.15, -0.1) is 0 Å². The Labute approximate surface area is 143 Å². The highest BCUT2D eigenvalue weighted by Gasteiger charge is 2.22. The molecule has 2 aliphatic rings. The van der Waals surface area contributed by atoms with Gasteiger partial charge in [-0.25, -0.2) is 0 Å². The van der Waals surface area contributed by atoms with Crippen molar-refractivity contribution in [3.05, 3.63) is 41.5 Å². The fraction of sp³-hybridized carbons (Fsp3) is 0.476. The third-order valence-corrected chi connectivity index (χ3v) is 5.77. The van der Waals surface area contributed by atoms with Crippen LogP contribution in [0, 0.1) is 5.92 Å². The second-order valence-corrected chi connectivity index (χ2v) is 7.40. The van der Waals surface area contributed by atoms with E-state index in [1.54, 1.807) is 0 Å². The van der Waals surface area contributed by atoms with Gasteiger partial charge in [0.15, 0.2) is 0 Å². The summed E-state index contributed by atoms with van der Waals surface area (Å²) in [6.45, 7) is 2.60. The molecule has 2 aromatic rings. The van der Waals surface area contributed by atoms with Gasteiger partial charge in [-0.2, -0.15) is 0 Å². The minimum Gasteiger partial charge on any atom is -0.376 e. The average Bonchev–Trinajstić information content (AvgIpc) is 3.01. The van der Waals surface area contributed by atoms with Crippen LogP contribution in [0.1, 0.15) is 43.7 Å². The smallest absolute Gasteiger partial charge is 0.239 e. The number of hydrogen-bond donors (Lipinski definition) is 2. The van der Waals surface area contributed by atoms with E-state index in [1.807, 2.05) is 0 Å². The Hall–Kier alpha value is -2.03. The maximum atomic E-state index is 12.3. The summed E-state index contributed by atoms with van der Waals surface area (Å²) in [4.78, 5) is 12.3. The van der Waals surface area contributed by atoms with E-state index in [4.69, 9.17) is 0 Å². The van der Waals surface area contributed by atoms with Crippen LogP contribution in [-0.2, 0) is 17.6 Å². The van der Waals surface area contributed by atoms with Crippen LogP contribution in [0.5, 0.6) is 0 Å². The molecule has 3 heteroatoms. The van der Waals surface area contributed by atoms with Crippen LogP contribution in [0.2, 0.25) is 0 Å². The number of aryl methyl sites for hydroxylation is 2. The molecule has 2 atom stereocenters. The second-order valence-electron chi connectivity index (χ2n) is 7.40. The lowest BCUT2D eigenvalue weighted by Crippen LogP contribution is -2.43. The molecule has 0 bridgehead atoms. The van der Waals surface area contributed by atoms with Crippen LogP contribution in [-0.4, -0.2) is 18.5 Å². The molecule has 0 radical (unpaired) electrons. The molecule has 2 aromatic carbocycles. The Morgan fingerprint density at radius 3 is 2.71 bits per heavy atom. The largest absolute Gasteiger partial charge is 0.376 e. The Morgan fingerprint density at radius 1 is 1.08 bits per heavy atom. The van der Waals surface area contributed by atoms with Crippen molar-refractivity contribution < 1.29 is 4.79 Å². The average molecular weight is 322 g/mol. The maximum absolute atomic E-state index is 12.3. The van der Waals surface area contributed by atoms with Crippen LogP contribution in [0.25, 0.3) is 10.8 Å². The summed E-state index contributed by atoms with van der Waals surface area (Å²) in [7, 11) is 0. The van der Waals surface area contributed by atoms with Crippen LogP contribution in [0.15, 0.2) is 30.3 Å². The van der Waals surface area contributed by atoms with Crippen LogP contribution >= 0.6 is 0 Å². The number of carbonyl (C=O) groups is 1. The summed E-state index contributed by atoms with van der Waals surface area (Å²) in [5, 5.41) is 9.23. The molecule has 1 amide bonds. The highest BCUT2D eigenvalue weighted by molar-refractivity contribution is 6.00. The number of carbonyl (C=O) groups excluding carboxylic acids is 1. The summed E-state index contributed by atoms with van der Waals surface area (Å²) >= 11 is 0. The zero-order valence-electron chi connectivity index (χ0n) is 14.4. The molecule has 1 saturated carbocycles. The highest BCUT2D eigenvalue weighted by Crippen LogP contribution is 2.34. The molecule has 4 rings (SSSR count).